The summed E-state index contributed by atoms with van der Waals surface area (Å²) in [5, 5.41) is 3.83. The molecule has 0 bridgehead atoms. The zero-order chi connectivity index (χ0) is 7.82. The van der Waals surface area contributed by atoms with Crippen LogP contribution in [0, 0.1) is 0 Å². The van der Waals surface area contributed by atoms with Crippen molar-refractivity contribution in [2.24, 2.45) is 0 Å². The second-order valence-corrected chi connectivity index (χ2v) is 10.9. The molecule has 0 heterocycles. The van der Waals surface area contributed by atoms with E-state index in [1.807, 2.05) is 18.2 Å². The molecule has 0 fully saturated rings. The monoisotopic (exact) mass is 187 g/mol. The van der Waals surface area contributed by atoms with Crippen molar-refractivity contribution in [3.63, 3.8) is 0 Å². The van der Waals surface area contributed by atoms with E-state index in [4.69, 9.17) is 0 Å². The summed E-state index contributed by atoms with van der Waals surface area (Å²) >= 11 is -1.22. The topological polar surface area (TPSA) is 0 Å². The Bertz CT molecular complexity index is 92.1. The quantitative estimate of drug-likeness (QED) is 0.443. The van der Waals surface area contributed by atoms with Crippen LogP contribution < -0.4 is 0 Å². The van der Waals surface area contributed by atoms with Crippen LogP contribution in [0.2, 0.25) is 15.0 Å². The first-order chi connectivity index (χ1) is 4.85. The van der Waals surface area contributed by atoms with Crippen LogP contribution in [0.5, 0.6) is 0 Å². The Morgan fingerprint density at radius 2 is 1.10 bits per heavy atom. The van der Waals surface area contributed by atoms with Crippen molar-refractivity contribution in [1.82, 2.24) is 0 Å². The summed E-state index contributed by atoms with van der Waals surface area (Å²) < 4.78 is 0. The van der Waals surface area contributed by atoms with Gasteiger partial charge < -0.3 is 0 Å². The molecular weight excluding hydrogens is 173 g/mol. The third-order valence-corrected chi connectivity index (χ3v) is 9.55. The van der Waals surface area contributed by atoms with Crippen LogP contribution in [0.3, 0.4) is 0 Å². The number of allylic oxidation sites excluding steroid dienone is 3. The van der Waals surface area contributed by atoms with E-state index >= 15 is 0 Å². The van der Waals surface area contributed by atoms with Crippen LogP contribution in [0.1, 0.15) is 0 Å². The summed E-state index contributed by atoms with van der Waals surface area (Å²) in [4.78, 5) is 0. The fourth-order valence-electron chi connectivity index (χ4n) is 1.22. The van der Waals surface area contributed by atoms with Crippen molar-refractivity contribution in [3.8, 4) is 0 Å². The Kier molecular flexibility index (Phi) is 6.85. The van der Waals surface area contributed by atoms with Gasteiger partial charge in [-0.25, -0.2) is 0 Å². The summed E-state index contributed by atoms with van der Waals surface area (Å²) in [6.45, 7) is 11.2. The van der Waals surface area contributed by atoms with Crippen LogP contribution in [0.25, 0.3) is 0 Å². The molecule has 0 N–H and O–H groups in total. The summed E-state index contributed by atoms with van der Waals surface area (Å²) in [5.41, 5.74) is 0. The third kappa shape index (κ3) is 4.70. The van der Waals surface area contributed by atoms with Crippen LogP contribution in [0.15, 0.2) is 38.0 Å². The minimum atomic E-state index is -1.22. The van der Waals surface area contributed by atoms with Crippen molar-refractivity contribution < 1.29 is 16.0 Å². The van der Waals surface area contributed by atoms with Crippen LogP contribution in [-0.2, 0) is 16.0 Å². The van der Waals surface area contributed by atoms with Gasteiger partial charge in [0.1, 0.15) is 0 Å². The molecule has 0 aliphatic rings. The SMILES string of the molecule is C=C[CH2][Zn]([CH2]C=C)[CH2]C=C. The first-order valence-corrected chi connectivity index (χ1v) is 10.2. The third-order valence-electron chi connectivity index (χ3n) is 1.84. The first kappa shape index (κ1) is 9.84. The van der Waals surface area contributed by atoms with E-state index in [-0.39, 0.29) is 0 Å². The van der Waals surface area contributed by atoms with Gasteiger partial charge in [0.25, 0.3) is 0 Å². The summed E-state index contributed by atoms with van der Waals surface area (Å²) in [7, 11) is 0. The van der Waals surface area contributed by atoms with Gasteiger partial charge in [-0.3, -0.25) is 0 Å². The first-order valence-electron chi connectivity index (χ1n) is 3.95. The molecule has 0 saturated heterocycles. The van der Waals surface area contributed by atoms with Crippen LogP contribution in [0.4, 0.5) is 0 Å². The molecule has 0 spiro atoms. The molecule has 10 heavy (non-hydrogen) atoms. The van der Waals surface area contributed by atoms with Crippen molar-refractivity contribution in [2.45, 2.75) is 15.0 Å². The number of hydrogen-bond donors (Lipinski definition) is 0. The van der Waals surface area contributed by atoms with E-state index in [0.29, 0.717) is 0 Å². The van der Waals surface area contributed by atoms with E-state index in [1.54, 1.807) is 0 Å². The molecule has 0 saturated carbocycles. The van der Waals surface area contributed by atoms with Crippen LogP contribution >= 0.6 is 0 Å². The molecule has 0 aromatic carbocycles. The fourth-order valence-corrected chi connectivity index (χ4v) is 6.34. The Hall–Kier alpha value is -0.157. The second kappa shape index (κ2) is 6.96. The number of rotatable bonds is 6. The van der Waals surface area contributed by atoms with E-state index in [2.05, 4.69) is 19.7 Å². The second-order valence-electron chi connectivity index (χ2n) is 2.79. The Balaban J connectivity index is 3.58. The van der Waals surface area contributed by atoms with Gasteiger partial charge >= 0.3 is 69.0 Å². The Morgan fingerprint density at radius 1 is 0.800 bits per heavy atom. The standard InChI is InChI=1S/3C3H5.Zn/c3*1-3-2;/h3*3H,1-2H2;. The average Bonchev–Trinajstić information content (AvgIpc) is 1.90. The van der Waals surface area contributed by atoms with Gasteiger partial charge in [-0.1, -0.05) is 0 Å². The zero-order valence-corrected chi connectivity index (χ0v) is 9.65. The predicted molar refractivity (Wildman–Crippen MR) is 45.0 cm³/mol. The number of hydrogen-bond acceptors (Lipinski definition) is 0. The predicted octanol–water partition coefficient (Wildman–Crippen LogP) is 3.42. The van der Waals surface area contributed by atoms with Gasteiger partial charge in [0, 0.05) is 0 Å². The summed E-state index contributed by atoms with van der Waals surface area (Å²) in [6.07, 6.45) is 6.15. The van der Waals surface area contributed by atoms with Crippen molar-refractivity contribution >= 4 is 0 Å². The molecule has 53 valence electrons. The van der Waals surface area contributed by atoms with Crippen molar-refractivity contribution in [3.05, 3.63) is 38.0 Å². The van der Waals surface area contributed by atoms with Gasteiger partial charge in [0.2, 0.25) is 0 Å². The Labute approximate surface area is 69.2 Å². The molecule has 0 nitrogen and oxygen atoms in total. The zero-order valence-electron chi connectivity index (χ0n) is 6.68. The van der Waals surface area contributed by atoms with Gasteiger partial charge in [-0.15, -0.1) is 0 Å². The van der Waals surface area contributed by atoms with E-state index in [1.165, 1.54) is 15.0 Å². The van der Waals surface area contributed by atoms with Gasteiger partial charge in [-0.2, -0.15) is 0 Å². The molecule has 0 aromatic heterocycles. The molecule has 1 heteroatoms. The molecule has 0 unspecified atom stereocenters. The van der Waals surface area contributed by atoms with Gasteiger partial charge in [0.15, 0.2) is 0 Å². The average molecular weight is 189 g/mol. The molecule has 0 aliphatic carbocycles. The maximum absolute atomic E-state index is 3.75. The van der Waals surface area contributed by atoms with Crippen molar-refractivity contribution in [1.29, 1.82) is 0 Å². The fraction of sp³-hybridized carbons (Fsp3) is 0.333. The molecule has 0 aromatic rings. The normalized spacial score (nSPS) is 8.40. The van der Waals surface area contributed by atoms with E-state index in [9.17, 15) is 0 Å². The van der Waals surface area contributed by atoms with E-state index < -0.39 is 16.0 Å². The Morgan fingerprint density at radius 3 is 1.30 bits per heavy atom. The molecule has 0 amide bonds. The minimum absolute atomic E-state index is 1.22. The molecule has 0 rings (SSSR count). The molecule has 0 aliphatic heterocycles. The van der Waals surface area contributed by atoms with Crippen LogP contribution in [-0.4, -0.2) is 0 Å². The molecular formula is C9H15Zn. The van der Waals surface area contributed by atoms with Crippen molar-refractivity contribution in [2.75, 3.05) is 0 Å². The van der Waals surface area contributed by atoms with Gasteiger partial charge in [-0.05, 0) is 0 Å². The van der Waals surface area contributed by atoms with Gasteiger partial charge in [0.05, 0.1) is 0 Å². The molecule has 0 radical (unpaired) electrons. The summed E-state index contributed by atoms with van der Waals surface area (Å²) in [5.74, 6) is 0. The molecule has 0 atom stereocenters. The maximum atomic E-state index is 3.75. The van der Waals surface area contributed by atoms with E-state index in [0.717, 1.165) is 0 Å². The summed E-state index contributed by atoms with van der Waals surface area (Å²) in [6, 6.07) is 0.